The second-order valence-electron chi connectivity index (χ2n) is 2.72. The number of nitrogens with two attached hydrogens (primary N) is 1. The topological polar surface area (TPSA) is 35.2 Å². The Morgan fingerprint density at radius 2 is 2.00 bits per heavy atom. The van der Waals surface area contributed by atoms with E-state index in [2.05, 4.69) is 0 Å². The molecule has 0 amide bonds. The molecule has 14 heavy (non-hydrogen) atoms. The van der Waals surface area contributed by atoms with Crippen molar-refractivity contribution in [3.63, 3.8) is 0 Å². The number of hydrogen-bond donors (Lipinski definition) is 1. The van der Waals surface area contributed by atoms with E-state index in [9.17, 15) is 13.2 Å². The molecule has 78 valence electrons. The van der Waals surface area contributed by atoms with E-state index in [4.69, 9.17) is 10.5 Å². The molecule has 0 saturated carbocycles. The molecule has 0 spiro atoms. The summed E-state index contributed by atoms with van der Waals surface area (Å²) in [4.78, 5) is 0. The zero-order valence-electron chi connectivity index (χ0n) is 7.51. The predicted molar refractivity (Wildman–Crippen MR) is 45.9 cm³/mol. The Balaban J connectivity index is 3.16. The molecule has 0 bridgehead atoms. The molecule has 1 rings (SSSR count). The van der Waals surface area contributed by atoms with Crippen LogP contribution in [0, 0.1) is 5.82 Å². The first kappa shape index (κ1) is 10.8. The molecular weight excluding hydrogens is 195 g/mol. The number of ether oxygens (including phenoxy) is 1. The molecular formula is C9H10F3NO. The van der Waals surface area contributed by atoms with Crippen molar-refractivity contribution < 1.29 is 17.9 Å². The Morgan fingerprint density at radius 1 is 1.36 bits per heavy atom. The van der Waals surface area contributed by atoms with Crippen molar-refractivity contribution in [2.45, 2.75) is 12.5 Å². The maximum atomic E-state index is 13.2. The standard InChI is InChI=1S/C9H10F3NO/c1-14-6-4-2-3-5(10)7(6)8(13)9(11)12/h2-4,8-9H,13H2,1H3/t8-/m0/s1. The third-order valence-corrected chi connectivity index (χ3v) is 1.84. The Kier molecular flexibility index (Phi) is 3.35. The summed E-state index contributed by atoms with van der Waals surface area (Å²) in [6.45, 7) is 0. The molecule has 0 aromatic heterocycles. The maximum absolute atomic E-state index is 13.2. The number of halogens is 3. The van der Waals surface area contributed by atoms with Crippen molar-refractivity contribution in [3.8, 4) is 5.75 Å². The van der Waals surface area contributed by atoms with Crippen LogP contribution < -0.4 is 10.5 Å². The van der Waals surface area contributed by atoms with Gasteiger partial charge in [0.1, 0.15) is 11.6 Å². The quantitative estimate of drug-likeness (QED) is 0.820. The van der Waals surface area contributed by atoms with Gasteiger partial charge in [0.2, 0.25) is 0 Å². The van der Waals surface area contributed by atoms with Crippen molar-refractivity contribution in [2.75, 3.05) is 7.11 Å². The summed E-state index contributed by atoms with van der Waals surface area (Å²) >= 11 is 0. The van der Waals surface area contributed by atoms with Gasteiger partial charge >= 0.3 is 0 Å². The normalized spacial score (nSPS) is 13.0. The molecule has 2 N–H and O–H groups in total. The second-order valence-corrected chi connectivity index (χ2v) is 2.72. The summed E-state index contributed by atoms with van der Waals surface area (Å²) in [7, 11) is 1.27. The summed E-state index contributed by atoms with van der Waals surface area (Å²) in [5.74, 6) is -0.741. The molecule has 0 fully saturated rings. The molecule has 1 atom stereocenters. The zero-order valence-corrected chi connectivity index (χ0v) is 7.51. The lowest BCUT2D eigenvalue weighted by Gasteiger charge is -2.15. The van der Waals surface area contributed by atoms with Crippen LogP contribution in [0.15, 0.2) is 18.2 Å². The lowest BCUT2D eigenvalue weighted by Crippen LogP contribution is -2.21. The van der Waals surface area contributed by atoms with E-state index in [0.29, 0.717) is 0 Å². The fourth-order valence-corrected chi connectivity index (χ4v) is 1.14. The number of methoxy groups -OCH3 is 1. The monoisotopic (exact) mass is 205 g/mol. The smallest absolute Gasteiger partial charge is 0.257 e. The second kappa shape index (κ2) is 4.32. The van der Waals surface area contributed by atoms with Crippen molar-refractivity contribution >= 4 is 0 Å². The van der Waals surface area contributed by atoms with E-state index < -0.39 is 18.3 Å². The molecule has 0 unspecified atom stereocenters. The van der Waals surface area contributed by atoms with Gasteiger partial charge in [-0.3, -0.25) is 0 Å². The SMILES string of the molecule is COc1cccc(F)c1[C@H](N)C(F)F. The van der Waals surface area contributed by atoms with E-state index >= 15 is 0 Å². The summed E-state index contributed by atoms with van der Waals surface area (Å²) in [5.41, 5.74) is 4.86. The Hall–Kier alpha value is -1.23. The van der Waals surface area contributed by atoms with Gasteiger partial charge in [-0.15, -0.1) is 0 Å². The number of hydrogen-bond acceptors (Lipinski definition) is 2. The average molecular weight is 205 g/mol. The number of rotatable bonds is 3. The fraction of sp³-hybridized carbons (Fsp3) is 0.333. The van der Waals surface area contributed by atoms with Crippen molar-refractivity contribution in [2.24, 2.45) is 5.73 Å². The predicted octanol–water partition coefficient (Wildman–Crippen LogP) is 2.10. The molecule has 0 radical (unpaired) electrons. The van der Waals surface area contributed by atoms with Crippen LogP contribution in [0.5, 0.6) is 5.75 Å². The Bertz CT molecular complexity index is 317. The van der Waals surface area contributed by atoms with Gasteiger partial charge < -0.3 is 10.5 Å². The third-order valence-electron chi connectivity index (χ3n) is 1.84. The van der Waals surface area contributed by atoms with Gasteiger partial charge in [-0.2, -0.15) is 0 Å². The summed E-state index contributed by atoms with van der Waals surface area (Å²) in [6, 6.07) is 2.17. The minimum Gasteiger partial charge on any atom is -0.496 e. The summed E-state index contributed by atoms with van der Waals surface area (Å²) in [5, 5.41) is 0. The first-order valence-electron chi connectivity index (χ1n) is 3.94. The Morgan fingerprint density at radius 3 is 2.50 bits per heavy atom. The van der Waals surface area contributed by atoms with Crippen LogP contribution in [0.3, 0.4) is 0 Å². The van der Waals surface area contributed by atoms with Crippen LogP contribution in [-0.4, -0.2) is 13.5 Å². The molecule has 1 aromatic carbocycles. The van der Waals surface area contributed by atoms with E-state index in [-0.39, 0.29) is 11.3 Å². The molecule has 0 heterocycles. The Labute approximate surface area is 79.5 Å². The van der Waals surface area contributed by atoms with Crippen molar-refractivity contribution in [1.82, 2.24) is 0 Å². The minimum atomic E-state index is -2.82. The van der Waals surface area contributed by atoms with Crippen LogP contribution in [0.2, 0.25) is 0 Å². The number of alkyl halides is 2. The third kappa shape index (κ3) is 1.98. The van der Waals surface area contributed by atoms with Gasteiger partial charge in [-0.25, -0.2) is 13.2 Å². The van der Waals surface area contributed by atoms with Crippen molar-refractivity contribution in [1.29, 1.82) is 0 Å². The average Bonchev–Trinajstić information content (AvgIpc) is 2.16. The van der Waals surface area contributed by atoms with Crippen LogP contribution >= 0.6 is 0 Å². The maximum Gasteiger partial charge on any atom is 0.257 e. The molecule has 0 saturated heterocycles. The van der Waals surface area contributed by atoms with E-state index in [1.165, 1.54) is 19.2 Å². The van der Waals surface area contributed by atoms with Gasteiger partial charge in [0, 0.05) is 0 Å². The van der Waals surface area contributed by atoms with Crippen LogP contribution in [0.4, 0.5) is 13.2 Å². The first-order valence-corrected chi connectivity index (χ1v) is 3.94. The molecule has 1 aromatic rings. The van der Waals surface area contributed by atoms with Gasteiger partial charge in [0.15, 0.2) is 0 Å². The molecule has 2 nitrogen and oxygen atoms in total. The highest BCUT2D eigenvalue weighted by Gasteiger charge is 2.24. The van der Waals surface area contributed by atoms with E-state index in [1.807, 2.05) is 0 Å². The van der Waals surface area contributed by atoms with Crippen LogP contribution in [0.25, 0.3) is 0 Å². The molecule has 5 heteroatoms. The summed E-state index contributed by atoms with van der Waals surface area (Å²) in [6.07, 6.45) is -2.82. The first-order chi connectivity index (χ1) is 6.57. The number of benzene rings is 1. The lowest BCUT2D eigenvalue weighted by molar-refractivity contribution is 0.113. The van der Waals surface area contributed by atoms with Gasteiger partial charge in [0.05, 0.1) is 18.7 Å². The van der Waals surface area contributed by atoms with Gasteiger partial charge in [-0.05, 0) is 12.1 Å². The van der Waals surface area contributed by atoms with E-state index in [1.54, 1.807) is 0 Å². The molecule has 0 aliphatic heterocycles. The highest BCUT2D eigenvalue weighted by Crippen LogP contribution is 2.29. The fourth-order valence-electron chi connectivity index (χ4n) is 1.14. The highest BCUT2D eigenvalue weighted by atomic mass is 19.3. The van der Waals surface area contributed by atoms with Crippen LogP contribution in [-0.2, 0) is 0 Å². The highest BCUT2D eigenvalue weighted by molar-refractivity contribution is 5.37. The van der Waals surface area contributed by atoms with E-state index in [0.717, 1.165) is 6.07 Å². The minimum absolute atomic E-state index is 0.0396. The zero-order chi connectivity index (χ0) is 10.7. The van der Waals surface area contributed by atoms with Gasteiger partial charge in [-0.1, -0.05) is 6.07 Å². The van der Waals surface area contributed by atoms with Crippen LogP contribution in [0.1, 0.15) is 11.6 Å². The molecule has 0 aliphatic carbocycles. The molecule has 0 aliphatic rings. The summed E-state index contributed by atoms with van der Waals surface area (Å²) < 4.78 is 42.4. The lowest BCUT2D eigenvalue weighted by atomic mass is 10.1. The van der Waals surface area contributed by atoms with Gasteiger partial charge in [0.25, 0.3) is 6.43 Å². The largest absolute Gasteiger partial charge is 0.496 e. The van der Waals surface area contributed by atoms with Crippen molar-refractivity contribution in [3.05, 3.63) is 29.6 Å².